The highest BCUT2D eigenvalue weighted by molar-refractivity contribution is 7.13. The molecule has 6 nitrogen and oxygen atoms in total. The van der Waals surface area contributed by atoms with Gasteiger partial charge in [-0.25, -0.2) is 9.67 Å². The summed E-state index contributed by atoms with van der Waals surface area (Å²) < 4.78 is 3.77. The Labute approximate surface area is 189 Å². The number of para-hydroxylation sites is 1. The van der Waals surface area contributed by atoms with Crippen molar-refractivity contribution in [1.82, 2.24) is 24.6 Å². The van der Waals surface area contributed by atoms with E-state index in [1.165, 1.54) is 0 Å². The SMILES string of the molecule is O=C(NCc1ccccc1Cn1ccnc1)c1cn(-c2ccccc2)nc1-c1cccs1. The van der Waals surface area contributed by atoms with Gasteiger partial charge in [-0.3, -0.25) is 4.79 Å². The molecule has 32 heavy (non-hydrogen) atoms. The van der Waals surface area contributed by atoms with E-state index in [0.29, 0.717) is 24.3 Å². The number of aromatic nitrogens is 4. The second-order valence-corrected chi connectivity index (χ2v) is 8.28. The van der Waals surface area contributed by atoms with Crippen LogP contribution in [0.3, 0.4) is 0 Å². The number of carbonyl (C=O) groups excluding carboxylic acids is 1. The van der Waals surface area contributed by atoms with E-state index in [-0.39, 0.29) is 5.91 Å². The standard InChI is InChI=1S/C25H21N5OS/c31-25(27-15-19-7-4-5-8-20(19)16-29-13-12-26-18-29)22-17-30(21-9-2-1-3-10-21)28-24(22)23-11-6-14-32-23/h1-14,17-18H,15-16H2,(H,27,31). The molecule has 0 radical (unpaired) electrons. The van der Waals surface area contributed by atoms with E-state index in [4.69, 9.17) is 5.10 Å². The number of thiophene rings is 1. The van der Waals surface area contributed by atoms with Crippen molar-refractivity contribution in [1.29, 1.82) is 0 Å². The van der Waals surface area contributed by atoms with Gasteiger partial charge in [-0.1, -0.05) is 48.5 Å². The van der Waals surface area contributed by atoms with Crippen molar-refractivity contribution in [3.63, 3.8) is 0 Å². The van der Waals surface area contributed by atoms with Gasteiger partial charge in [0.05, 0.1) is 22.5 Å². The van der Waals surface area contributed by atoms with Crippen LogP contribution in [0.1, 0.15) is 21.5 Å². The molecular formula is C25H21N5OS. The second-order valence-electron chi connectivity index (χ2n) is 7.34. The van der Waals surface area contributed by atoms with Crippen molar-refractivity contribution < 1.29 is 4.79 Å². The number of amides is 1. The zero-order valence-corrected chi connectivity index (χ0v) is 18.1. The molecule has 5 aromatic rings. The minimum atomic E-state index is -0.145. The molecule has 0 aliphatic rings. The van der Waals surface area contributed by atoms with Gasteiger partial charge < -0.3 is 9.88 Å². The summed E-state index contributed by atoms with van der Waals surface area (Å²) in [6, 6.07) is 21.9. The Balaban J connectivity index is 1.40. The van der Waals surface area contributed by atoms with E-state index in [9.17, 15) is 4.79 Å². The first kappa shape index (κ1) is 20.0. The monoisotopic (exact) mass is 439 g/mol. The smallest absolute Gasteiger partial charge is 0.255 e. The topological polar surface area (TPSA) is 64.7 Å². The van der Waals surface area contributed by atoms with Gasteiger partial charge in [-0.2, -0.15) is 5.10 Å². The second kappa shape index (κ2) is 9.03. The van der Waals surface area contributed by atoms with E-state index < -0.39 is 0 Å². The lowest BCUT2D eigenvalue weighted by Crippen LogP contribution is -2.23. The van der Waals surface area contributed by atoms with Crippen molar-refractivity contribution in [3.8, 4) is 16.3 Å². The fraction of sp³-hybridized carbons (Fsp3) is 0.0800. The molecule has 0 bridgehead atoms. The molecule has 7 heteroatoms. The van der Waals surface area contributed by atoms with Crippen molar-refractivity contribution in [2.45, 2.75) is 13.1 Å². The number of benzene rings is 2. The fourth-order valence-corrected chi connectivity index (χ4v) is 4.30. The van der Waals surface area contributed by atoms with Crippen LogP contribution in [0.2, 0.25) is 0 Å². The van der Waals surface area contributed by atoms with Crippen LogP contribution in [0.5, 0.6) is 0 Å². The minimum absolute atomic E-state index is 0.145. The number of hydrogen-bond donors (Lipinski definition) is 1. The first-order valence-electron chi connectivity index (χ1n) is 10.3. The van der Waals surface area contributed by atoms with Crippen molar-refractivity contribution in [2.24, 2.45) is 0 Å². The molecule has 0 aliphatic heterocycles. The number of nitrogens with zero attached hydrogens (tertiary/aromatic N) is 4. The summed E-state index contributed by atoms with van der Waals surface area (Å²) in [6.07, 6.45) is 7.29. The molecule has 2 aromatic carbocycles. The van der Waals surface area contributed by atoms with Crippen LogP contribution in [0.25, 0.3) is 16.3 Å². The lowest BCUT2D eigenvalue weighted by atomic mass is 10.1. The van der Waals surface area contributed by atoms with Crippen LogP contribution >= 0.6 is 11.3 Å². The average Bonchev–Trinajstić information content (AvgIpc) is 3.60. The largest absolute Gasteiger partial charge is 0.348 e. The highest BCUT2D eigenvalue weighted by Gasteiger charge is 2.19. The number of carbonyl (C=O) groups is 1. The zero-order valence-electron chi connectivity index (χ0n) is 17.3. The lowest BCUT2D eigenvalue weighted by molar-refractivity contribution is 0.0951. The Morgan fingerprint density at radius 2 is 1.78 bits per heavy atom. The van der Waals surface area contributed by atoms with E-state index in [1.54, 1.807) is 34.7 Å². The third kappa shape index (κ3) is 4.24. The number of imidazole rings is 1. The highest BCUT2D eigenvalue weighted by Crippen LogP contribution is 2.28. The predicted octanol–water partition coefficient (Wildman–Crippen LogP) is 4.78. The van der Waals surface area contributed by atoms with Crippen LogP contribution in [0, 0.1) is 0 Å². The zero-order chi connectivity index (χ0) is 21.8. The third-order valence-corrected chi connectivity index (χ3v) is 6.08. The Morgan fingerprint density at radius 1 is 0.969 bits per heavy atom. The van der Waals surface area contributed by atoms with Crippen molar-refractivity contribution >= 4 is 17.2 Å². The molecule has 0 saturated heterocycles. The van der Waals surface area contributed by atoms with Gasteiger partial charge in [-0.15, -0.1) is 11.3 Å². The van der Waals surface area contributed by atoms with E-state index in [2.05, 4.69) is 16.4 Å². The van der Waals surface area contributed by atoms with Gasteiger partial charge in [0.2, 0.25) is 0 Å². The summed E-state index contributed by atoms with van der Waals surface area (Å²) in [4.78, 5) is 18.3. The molecule has 3 aromatic heterocycles. The van der Waals surface area contributed by atoms with Crippen LogP contribution in [-0.2, 0) is 13.1 Å². The lowest BCUT2D eigenvalue weighted by Gasteiger charge is -2.11. The summed E-state index contributed by atoms with van der Waals surface area (Å²) in [5, 5.41) is 9.80. The van der Waals surface area contributed by atoms with Crippen molar-refractivity contribution in [3.05, 3.63) is 114 Å². The van der Waals surface area contributed by atoms with E-state index >= 15 is 0 Å². The quantitative estimate of drug-likeness (QED) is 0.397. The molecule has 1 N–H and O–H groups in total. The summed E-state index contributed by atoms with van der Waals surface area (Å²) in [5.41, 5.74) is 4.37. The Morgan fingerprint density at radius 3 is 2.53 bits per heavy atom. The summed E-state index contributed by atoms with van der Waals surface area (Å²) >= 11 is 1.57. The molecule has 5 rings (SSSR count). The Hall–Kier alpha value is -3.97. The maximum atomic E-state index is 13.2. The van der Waals surface area contributed by atoms with Crippen LogP contribution < -0.4 is 5.32 Å². The van der Waals surface area contributed by atoms with Gasteiger partial charge in [0.1, 0.15) is 5.69 Å². The molecule has 1 amide bonds. The molecule has 0 fully saturated rings. The van der Waals surface area contributed by atoms with E-state index in [1.807, 2.05) is 76.8 Å². The maximum Gasteiger partial charge on any atom is 0.255 e. The van der Waals surface area contributed by atoms with Crippen molar-refractivity contribution in [2.75, 3.05) is 0 Å². The molecule has 0 saturated carbocycles. The van der Waals surface area contributed by atoms with Crippen LogP contribution in [0.15, 0.2) is 97.0 Å². The molecule has 3 heterocycles. The molecule has 0 aliphatic carbocycles. The Bertz CT molecular complexity index is 1310. The molecule has 0 spiro atoms. The van der Waals surface area contributed by atoms with Gasteiger partial charge in [0.25, 0.3) is 5.91 Å². The molecule has 0 atom stereocenters. The summed E-state index contributed by atoms with van der Waals surface area (Å²) in [5.74, 6) is -0.145. The van der Waals surface area contributed by atoms with E-state index in [0.717, 1.165) is 21.7 Å². The normalized spacial score (nSPS) is 10.9. The van der Waals surface area contributed by atoms with Crippen LogP contribution in [-0.4, -0.2) is 25.2 Å². The fourth-order valence-electron chi connectivity index (χ4n) is 3.58. The third-order valence-electron chi connectivity index (χ3n) is 5.20. The number of rotatable bonds is 7. The van der Waals surface area contributed by atoms with Gasteiger partial charge >= 0.3 is 0 Å². The highest BCUT2D eigenvalue weighted by atomic mass is 32.1. The summed E-state index contributed by atoms with van der Waals surface area (Å²) in [6.45, 7) is 1.14. The number of hydrogen-bond acceptors (Lipinski definition) is 4. The first-order valence-corrected chi connectivity index (χ1v) is 11.2. The average molecular weight is 440 g/mol. The van der Waals surface area contributed by atoms with Gasteiger partial charge in [0, 0.05) is 31.7 Å². The molecular weight excluding hydrogens is 418 g/mol. The number of nitrogens with one attached hydrogen (secondary N) is 1. The predicted molar refractivity (Wildman–Crippen MR) is 126 cm³/mol. The molecule has 0 unspecified atom stereocenters. The Kier molecular flexibility index (Phi) is 5.63. The van der Waals surface area contributed by atoms with Gasteiger partial charge in [0.15, 0.2) is 0 Å². The van der Waals surface area contributed by atoms with Crippen LogP contribution in [0.4, 0.5) is 0 Å². The van der Waals surface area contributed by atoms with Gasteiger partial charge in [-0.05, 0) is 34.7 Å². The maximum absolute atomic E-state index is 13.2. The summed E-state index contributed by atoms with van der Waals surface area (Å²) in [7, 11) is 0. The first-order chi connectivity index (χ1) is 15.8. The minimum Gasteiger partial charge on any atom is -0.348 e. The molecule has 158 valence electrons.